The van der Waals surface area contributed by atoms with Crippen LogP contribution < -0.4 is 11.1 Å². The molecule has 3 nitrogen and oxygen atoms in total. The molecule has 1 rings (SSSR count). The summed E-state index contributed by atoms with van der Waals surface area (Å²) in [6.45, 7) is 8.26. The molecule has 1 unspecified atom stereocenters. The Morgan fingerprint density at radius 2 is 1.85 bits per heavy atom. The third-order valence-corrected chi connectivity index (χ3v) is 3.41. The molecular formula is C17H28N2O. The smallest absolute Gasteiger partial charge is 0.237 e. The molecule has 0 aliphatic heterocycles. The first-order valence-electron chi connectivity index (χ1n) is 7.42. The lowest BCUT2D eigenvalue weighted by Gasteiger charge is -2.28. The largest absolute Gasteiger partial charge is 0.350 e. The van der Waals surface area contributed by atoms with Gasteiger partial charge in [0.1, 0.15) is 0 Å². The van der Waals surface area contributed by atoms with Crippen LogP contribution in [0.5, 0.6) is 0 Å². The van der Waals surface area contributed by atoms with E-state index in [9.17, 15) is 4.79 Å². The molecule has 20 heavy (non-hydrogen) atoms. The average Bonchev–Trinajstić information content (AvgIpc) is 2.36. The van der Waals surface area contributed by atoms with Crippen LogP contribution in [0.3, 0.4) is 0 Å². The van der Waals surface area contributed by atoms with Gasteiger partial charge in [0.25, 0.3) is 0 Å². The van der Waals surface area contributed by atoms with E-state index >= 15 is 0 Å². The third-order valence-electron chi connectivity index (χ3n) is 3.41. The number of nitrogens with two attached hydrogens (primary N) is 1. The number of nitrogens with one attached hydrogen (secondary N) is 1. The predicted molar refractivity (Wildman–Crippen MR) is 84.4 cm³/mol. The summed E-state index contributed by atoms with van der Waals surface area (Å²) in [6, 6.07) is 9.91. The van der Waals surface area contributed by atoms with Crippen LogP contribution in [0.2, 0.25) is 0 Å². The van der Waals surface area contributed by atoms with Crippen LogP contribution in [0.1, 0.15) is 46.1 Å². The standard InChI is InChI=1S/C17H28N2O/c1-13(2)12-15(18)16(20)19-17(3,4)11-10-14-8-6-5-7-9-14/h5-9,13,15H,10-12,18H2,1-4H3,(H,19,20). The van der Waals surface area contributed by atoms with E-state index in [1.165, 1.54) is 5.56 Å². The first-order valence-corrected chi connectivity index (χ1v) is 7.42. The minimum atomic E-state index is -0.411. The Labute approximate surface area is 122 Å². The Balaban J connectivity index is 2.46. The van der Waals surface area contributed by atoms with E-state index in [0.29, 0.717) is 5.92 Å². The van der Waals surface area contributed by atoms with Crippen molar-refractivity contribution < 1.29 is 4.79 Å². The Morgan fingerprint density at radius 3 is 2.40 bits per heavy atom. The molecule has 1 amide bonds. The zero-order valence-electron chi connectivity index (χ0n) is 13.1. The summed E-state index contributed by atoms with van der Waals surface area (Å²) in [7, 11) is 0. The van der Waals surface area contributed by atoms with Crippen molar-refractivity contribution in [3.8, 4) is 0 Å². The molecule has 1 atom stereocenters. The van der Waals surface area contributed by atoms with Crippen LogP contribution in [0.4, 0.5) is 0 Å². The van der Waals surface area contributed by atoms with Gasteiger partial charge in [-0.3, -0.25) is 4.79 Å². The number of benzene rings is 1. The van der Waals surface area contributed by atoms with Crippen molar-refractivity contribution >= 4 is 5.91 Å². The summed E-state index contributed by atoms with van der Waals surface area (Å²) in [4.78, 5) is 12.1. The fourth-order valence-electron chi connectivity index (χ4n) is 2.21. The third kappa shape index (κ3) is 6.20. The number of carbonyl (C=O) groups excluding carboxylic acids is 1. The van der Waals surface area contributed by atoms with E-state index in [-0.39, 0.29) is 11.4 Å². The number of hydrogen-bond donors (Lipinski definition) is 2. The Bertz CT molecular complexity index is 412. The molecule has 3 heteroatoms. The number of rotatable bonds is 7. The number of carbonyl (C=O) groups is 1. The van der Waals surface area contributed by atoms with Gasteiger partial charge in [0.05, 0.1) is 6.04 Å². The van der Waals surface area contributed by atoms with Gasteiger partial charge in [0, 0.05) is 5.54 Å². The Kier molecular flexibility index (Phi) is 6.21. The average molecular weight is 276 g/mol. The van der Waals surface area contributed by atoms with Crippen molar-refractivity contribution in [3.05, 3.63) is 35.9 Å². The van der Waals surface area contributed by atoms with E-state index in [1.807, 2.05) is 18.2 Å². The molecule has 0 aromatic heterocycles. The van der Waals surface area contributed by atoms with Crippen molar-refractivity contribution in [2.75, 3.05) is 0 Å². The van der Waals surface area contributed by atoms with Gasteiger partial charge < -0.3 is 11.1 Å². The minimum absolute atomic E-state index is 0.0447. The molecule has 0 saturated heterocycles. The highest BCUT2D eigenvalue weighted by molar-refractivity contribution is 5.82. The van der Waals surface area contributed by atoms with Crippen LogP contribution >= 0.6 is 0 Å². The Morgan fingerprint density at radius 1 is 1.25 bits per heavy atom. The monoisotopic (exact) mass is 276 g/mol. The molecule has 0 radical (unpaired) electrons. The first-order chi connectivity index (χ1) is 9.30. The highest BCUT2D eigenvalue weighted by atomic mass is 16.2. The zero-order chi connectivity index (χ0) is 15.2. The lowest BCUT2D eigenvalue weighted by Crippen LogP contribution is -2.51. The molecule has 0 aliphatic rings. The zero-order valence-corrected chi connectivity index (χ0v) is 13.1. The van der Waals surface area contributed by atoms with Gasteiger partial charge in [-0.2, -0.15) is 0 Å². The van der Waals surface area contributed by atoms with Gasteiger partial charge in [-0.1, -0.05) is 44.2 Å². The van der Waals surface area contributed by atoms with Crippen LogP contribution in [0.15, 0.2) is 30.3 Å². The lowest BCUT2D eigenvalue weighted by molar-refractivity contribution is -0.124. The SMILES string of the molecule is CC(C)CC(N)C(=O)NC(C)(C)CCc1ccccc1. The van der Waals surface area contributed by atoms with E-state index in [1.54, 1.807) is 0 Å². The lowest BCUT2D eigenvalue weighted by atomic mass is 9.94. The van der Waals surface area contributed by atoms with Gasteiger partial charge in [-0.05, 0) is 44.6 Å². The Hall–Kier alpha value is -1.35. The van der Waals surface area contributed by atoms with Crippen LogP contribution in [0.25, 0.3) is 0 Å². The van der Waals surface area contributed by atoms with Gasteiger partial charge >= 0.3 is 0 Å². The van der Waals surface area contributed by atoms with Crippen LogP contribution in [-0.4, -0.2) is 17.5 Å². The number of amides is 1. The second-order valence-electron chi connectivity index (χ2n) is 6.59. The summed E-state index contributed by atoms with van der Waals surface area (Å²) < 4.78 is 0. The van der Waals surface area contributed by atoms with Crippen molar-refractivity contribution in [1.29, 1.82) is 0 Å². The summed E-state index contributed by atoms with van der Waals surface area (Å²) in [6.07, 6.45) is 2.57. The molecule has 0 spiro atoms. The maximum Gasteiger partial charge on any atom is 0.237 e. The fraction of sp³-hybridized carbons (Fsp3) is 0.588. The van der Waals surface area contributed by atoms with E-state index in [0.717, 1.165) is 19.3 Å². The first kappa shape index (κ1) is 16.7. The molecule has 0 heterocycles. The molecule has 112 valence electrons. The molecule has 1 aromatic carbocycles. The van der Waals surface area contributed by atoms with Crippen molar-refractivity contribution in [2.45, 2.75) is 58.5 Å². The van der Waals surface area contributed by atoms with E-state index < -0.39 is 6.04 Å². The summed E-state index contributed by atoms with van der Waals surface area (Å²) >= 11 is 0. The van der Waals surface area contributed by atoms with Gasteiger partial charge in [0.15, 0.2) is 0 Å². The summed E-state index contributed by atoms with van der Waals surface area (Å²) in [5.74, 6) is 0.389. The van der Waals surface area contributed by atoms with Crippen LogP contribution in [0, 0.1) is 5.92 Å². The van der Waals surface area contributed by atoms with Crippen molar-refractivity contribution in [3.63, 3.8) is 0 Å². The maximum absolute atomic E-state index is 12.1. The highest BCUT2D eigenvalue weighted by Crippen LogP contribution is 2.14. The predicted octanol–water partition coefficient (Wildman–Crippen LogP) is 2.89. The second-order valence-corrected chi connectivity index (χ2v) is 6.59. The quantitative estimate of drug-likeness (QED) is 0.804. The topological polar surface area (TPSA) is 55.1 Å². The van der Waals surface area contributed by atoms with Gasteiger partial charge in [-0.15, -0.1) is 0 Å². The molecule has 3 N–H and O–H groups in total. The molecular weight excluding hydrogens is 248 g/mol. The fourth-order valence-corrected chi connectivity index (χ4v) is 2.21. The number of hydrogen-bond acceptors (Lipinski definition) is 2. The highest BCUT2D eigenvalue weighted by Gasteiger charge is 2.24. The maximum atomic E-state index is 12.1. The van der Waals surface area contributed by atoms with Crippen molar-refractivity contribution in [2.24, 2.45) is 11.7 Å². The van der Waals surface area contributed by atoms with Gasteiger partial charge in [0.2, 0.25) is 5.91 Å². The van der Waals surface area contributed by atoms with Gasteiger partial charge in [-0.25, -0.2) is 0 Å². The molecule has 0 saturated carbocycles. The molecule has 1 aromatic rings. The molecule has 0 aliphatic carbocycles. The molecule has 0 fully saturated rings. The van der Waals surface area contributed by atoms with E-state index in [4.69, 9.17) is 5.73 Å². The van der Waals surface area contributed by atoms with Crippen molar-refractivity contribution in [1.82, 2.24) is 5.32 Å². The summed E-state index contributed by atoms with van der Waals surface area (Å²) in [5.41, 5.74) is 6.98. The van der Waals surface area contributed by atoms with Crippen LogP contribution in [-0.2, 0) is 11.2 Å². The summed E-state index contributed by atoms with van der Waals surface area (Å²) in [5, 5.41) is 3.07. The number of aryl methyl sites for hydroxylation is 1. The molecule has 0 bridgehead atoms. The second kappa shape index (κ2) is 7.44. The normalized spacial score (nSPS) is 13.3. The van der Waals surface area contributed by atoms with E-state index in [2.05, 4.69) is 45.1 Å². The minimum Gasteiger partial charge on any atom is -0.350 e.